The van der Waals surface area contributed by atoms with Gasteiger partial charge in [-0.2, -0.15) is 10.5 Å². The monoisotopic (exact) mass is 248 g/mol. The molecule has 1 aromatic heterocycles. The van der Waals surface area contributed by atoms with Crippen LogP contribution in [0.5, 0.6) is 0 Å². The van der Waals surface area contributed by atoms with Crippen LogP contribution >= 0.6 is 23.5 Å². The number of hydrogen-bond donors (Lipinski definition) is 1. The third-order valence-corrected chi connectivity index (χ3v) is 4.81. The average molecular weight is 248 g/mol. The molecule has 1 aliphatic rings. The Balaban J connectivity index is 2.29. The number of aromatic amines is 1. The highest BCUT2D eigenvalue weighted by Crippen LogP contribution is 2.53. The molecule has 80 valence electrons. The van der Waals surface area contributed by atoms with Crippen molar-refractivity contribution in [2.75, 3.05) is 0 Å². The fourth-order valence-corrected chi connectivity index (χ4v) is 4.05. The van der Waals surface area contributed by atoms with E-state index in [0.29, 0.717) is 5.16 Å². The second kappa shape index (κ2) is 4.25. The molecule has 0 fully saturated rings. The molecular weight excluding hydrogens is 240 g/mol. The van der Waals surface area contributed by atoms with E-state index in [1.807, 2.05) is 13.0 Å². The lowest BCUT2D eigenvalue weighted by Crippen LogP contribution is -2.23. The molecular formula is C10H8N4S2. The summed E-state index contributed by atoms with van der Waals surface area (Å²) >= 11 is 2.73. The first kappa shape index (κ1) is 11.1. The van der Waals surface area contributed by atoms with Gasteiger partial charge in [-0.25, -0.2) is 4.98 Å². The fraction of sp³-hybridized carbons (Fsp3) is 0.300. The number of imidazole rings is 1. The SMILES string of the molecule is CC1=CC(C#N)C(C#N)(Sc2ncc[nH]2)S1. The zero-order chi connectivity index (χ0) is 11.6. The summed E-state index contributed by atoms with van der Waals surface area (Å²) in [6.45, 7) is 1.91. The van der Waals surface area contributed by atoms with Gasteiger partial charge in [0.1, 0.15) is 5.92 Å². The Labute approximate surface area is 102 Å². The van der Waals surface area contributed by atoms with Crippen LogP contribution < -0.4 is 0 Å². The van der Waals surface area contributed by atoms with Crippen molar-refractivity contribution in [2.24, 2.45) is 5.92 Å². The predicted molar refractivity (Wildman–Crippen MR) is 63.2 cm³/mol. The summed E-state index contributed by atoms with van der Waals surface area (Å²) in [6.07, 6.45) is 5.17. The largest absolute Gasteiger partial charge is 0.340 e. The molecule has 1 N–H and O–H groups in total. The number of H-pyrrole nitrogens is 1. The summed E-state index contributed by atoms with van der Waals surface area (Å²) < 4.78 is -0.809. The summed E-state index contributed by atoms with van der Waals surface area (Å²) in [4.78, 5) is 8.02. The average Bonchev–Trinajstić information content (AvgIpc) is 2.87. The molecule has 2 atom stereocenters. The zero-order valence-electron chi connectivity index (χ0n) is 8.47. The van der Waals surface area contributed by atoms with Crippen LogP contribution in [0.4, 0.5) is 0 Å². The Kier molecular flexibility index (Phi) is 2.95. The van der Waals surface area contributed by atoms with E-state index >= 15 is 0 Å². The van der Waals surface area contributed by atoms with Gasteiger partial charge < -0.3 is 4.98 Å². The molecule has 2 rings (SSSR count). The quantitative estimate of drug-likeness (QED) is 0.870. The number of hydrogen-bond acceptors (Lipinski definition) is 5. The van der Waals surface area contributed by atoms with E-state index in [4.69, 9.17) is 5.26 Å². The molecule has 1 aromatic rings. The minimum Gasteiger partial charge on any atom is -0.340 e. The Morgan fingerprint density at radius 3 is 3.00 bits per heavy atom. The van der Waals surface area contributed by atoms with Crippen molar-refractivity contribution in [1.82, 2.24) is 9.97 Å². The van der Waals surface area contributed by atoms with Crippen LogP contribution in [0.3, 0.4) is 0 Å². The lowest BCUT2D eigenvalue weighted by atomic mass is 10.1. The smallest absolute Gasteiger partial charge is 0.178 e. The second-order valence-electron chi connectivity index (χ2n) is 3.26. The molecule has 0 bridgehead atoms. The molecule has 4 nitrogen and oxygen atoms in total. The van der Waals surface area contributed by atoms with E-state index in [1.165, 1.54) is 23.5 Å². The van der Waals surface area contributed by atoms with E-state index in [2.05, 4.69) is 22.1 Å². The number of nitrogens with zero attached hydrogens (tertiary/aromatic N) is 3. The van der Waals surface area contributed by atoms with Crippen LogP contribution in [-0.2, 0) is 0 Å². The van der Waals surface area contributed by atoms with Crippen molar-refractivity contribution in [1.29, 1.82) is 10.5 Å². The van der Waals surface area contributed by atoms with Gasteiger partial charge in [-0.15, -0.1) is 0 Å². The number of aromatic nitrogens is 2. The molecule has 0 saturated heterocycles. The molecule has 1 aliphatic heterocycles. The van der Waals surface area contributed by atoms with E-state index in [9.17, 15) is 5.26 Å². The highest BCUT2D eigenvalue weighted by Gasteiger charge is 2.45. The predicted octanol–water partition coefficient (Wildman–Crippen LogP) is 2.51. The molecule has 16 heavy (non-hydrogen) atoms. The standard InChI is InChI=1S/C10H8N4S2/c1-7-4-8(5-11)10(6-12,15-7)16-9-13-2-3-14-9/h2-4,8H,1H3,(H,13,14). The summed E-state index contributed by atoms with van der Waals surface area (Å²) in [6, 6.07) is 4.40. The first-order valence-corrected chi connectivity index (χ1v) is 6.20. The van der Waals surface area contributed by atoms with Gasteiger partial charge in [-0.1, -0.05) is 29.6 Å². The molecule has 6 heteroatoms. The van der Waals surface area contributed by atoms with Crippen LogP contribution in [-0.4, -0.2) is 14.0 Å². The van der Waals surface area contributed by atoms with Gasteiger partial charge in [-0.05, 0) is 11.8 Å². The number of rotatable bonds is 2. The minimum absolute atomic E-state index is 0.405. The van der Waals surface area contributed by atoms with Gasteiger partial charge in [0.05, 0.1) is 12.1 Å². The molecule has 0 aliphatic carbocycles. The maximum absolute atomic E-state index is 9.32. The number of thioether (sulfide) groups is 2. The zero-order valence-corrected chi connectivity index (χ0v) is 10.1. The number of allylic oxidation sites excluding steroid dienone is 2. The van der Waals surface area contributed by atoms with Crippen LogP contribution in [0, 0.1) is 28.6 Å². The molecule has 2 unspecified atom stereocenters. The maximum atomic E-state index is 9.32. The molecule has 0 aromatic carbocycles. The van der Waals surface area contributed by atoms with Gasteiger partial charge in [0.25, 0.3) is 0 Å². The Morgan fingerprint density at radius 2 is 2.44 bits per heavy atom. The fourth-order valence-electron chi connectivity index (χ4n) is 1.45. The first-order chi connectivity index (χ1) is 7.70. The summed E-state index contributed by atoms with van der Waals surface area (Å²) in [5, 5.41) is 19.1. The van der Waals surface area contributed by atoms with Gasteiger partial charge in [0.15, 0.2) is 9.24 Å². The van der Waals surface area contributed by atoms with Crippen molar-refractivity contribution in [3.8, 4) is 12.1 Å². The Morgan fingerprint density at radius 1 is 1.62 bits per heavy atom. The Hall–Kier alpha value is -1.37. The maximum Gasteiger partial charge on any atom is 0.178 e. The molecule has 2 heterocycles. The van der Waals surface area contributed by atoms with Crippen molar-refractivity contribution < 1.29 is 0 Å². The van der Waals surface area contributed by atoms with E-state index in [1.54, 1.807) is 12.4 Å². The summed E-state index contributed by atoms with van der Waals surface area (Å²) in [5.41, 5.74) is 0. The first-order valence-electron chi connectivity index (χ1n) is 4.57. The van der Waals surface area contributed by atoms with Gasteiger partial charge in [-0.3, -0.25) is 0 Å². The summed E-state index contributed by atoms with van der Waals surface area (Å²) in [5.74, 6) is -0.405. The van der Waals surface area contributed by atoms with E-state index < -0.39 is 10.00 Å². The van der Waals surface area contributed by atoms with Crippen LogP contribution in [0.15, 0.2) is 28.5 Å². The van der Waals surface area contributed by atoms with Crippen molar-refractivity contribution in [3.05, 3.63) is 23.4 Å². The Bertz CT molecular complexity index is 494. The normalized spacial score (nSPS) is 28.2. The number of nitrogens with one attached hydrogen (secondary N) is 1. The highest BCUT2D eigenvalue weighted by molar-refractivity contribution is 8.20. The lowest BCUT2D eigenvalue weighted by molar-refractivity contribution is 0.835. The molecule has 0 amide bonds. The van der Waals surface area contributed by atoms with Crippen LogP contribution in [0.1, 0.15) is 6.92 Å². The minimum atomic E-state index is -0.809. The highest BCUT2D eigenvalue weighted by atomic mass is 32.2. The molecule has 0 spiro atoms. The lowest BCUT2D eigenvalue weighted by Gasteiger charge is -2.21. The number of nitriles is 2. The topological polar surface area (TPSA) is 76.3 Å². The summed E-state index contributed by atoms with van der Waals surface area (Å²) in [7, 11) is 0. The van der Waals surface area contributed by atoms with Crippen molar-refractivity contribution in [2.45, 2.75) is 16.2 Å². The van der Waals surface area contributed by atoms with E-state index in [0.717, 1.165) is 4.91 Å². The van der Waals surface area contributed by atoms with Gasteiger partial charge >= 0.3 is 0 Å². The third-order valence-electron chi connectivity index (χ3n) is 2.14. The van der Waals surface area contributed by atoms with E-state index in [-0.39, 0.29) is 0 Å². The second-order valence-corrected chi connectivity index (χ2v) is 6.25. The van der Waals surface area contributed by atoms with Crippen molar-refractivity contribution >= 4 is 23.5 Å². The van der Waals surface area contributed by atoms with Crippen LogP contribution in [0.2, 0.25) is 0 Å². The van der Waals surface area contributed by atoms with Crippen molar-refractivity contribution in [3.63, 3.8) is 0 Å². The molecule has 0 saturated carbocycles. The van der Waals surface area contributed by atoms with Gasteiger partial charge in [0.2, 0.25) is 0 Å². The van der Waals surface area contributed by atoms with Crippen LogP contribution in [0.25, 0.3) is 0 Å². The van der Waals surface area contributed by atoms with Gasteiger partial charge in [0, 0.05) is 12.4 Å². The third kappa shape index (κ3) is 1.82. The molecule has 0 radical (unpaired) electrons.